The van der Waals surface area contributed by atoms with Crippen LogP contribution in [-0.2, 0) is 6.54 Å². The summed E-state index contributed by atoms with van der Waals surface area (Å²) in [6.07, 6.45) is 2.62. The monoisotopic (exact) mass is 257 g/mol. The smallest absolute Gasteiger partial charge is 0.270 e. The Kier molecular flexibility index (Phi) is 4.34. The van der Waals surface area contributed by atoms with Crippen LogP contribution in [0, 0.1) is 0 Å². The van der Waals surface area contributed by atoms with Crippen LogP contribution in [0.2, 0.25) is 0 Å². The van der Waals surface area contributed by atoms with Crippen LogP contribution in [0.3, 0.4) is 0 Å². The molecule has 0 spiro atoms. The Labute approximate surface area is 113 Å². The highest BCUT2D eigenvalue weighted by Crippen LogP contribution is 2.12. The van der Waals surface area contributed by atoms with Crippen LogP contribution in [0.4, 0.5) is 0 Å². The van der Waals surface area contributed by atoms with E-state index in [2.05, 4.69) is 17.3 Å². The fraction of sp³-hybridized carbons (Fsp3) is 0.333. The first-order valence-corrected chi connectivity index (χ1v) is 6.60. The average molecular weight is 257 g/mol. The Morgan fingerprint density at radius 2 is 2.05 bits per heavy atom. The van der Waals surface area contributed by atoms with Crippen molar-refractivity contribution in [3.63, 3.8) is 0 Å². The van der Waals surface area contributed by atoms with Crippen LogP contribution >= 0.6 is 0 Å². The summed E-state index contributed by atoms with van der Waals surface area (Å²) in [5, 5.41) is 7.16. The highest BCUT2D eigenvalue weighted by molar-refractivity contribution is 5.92. The third-order valence-electron chi connectivity index (χ3n) is 3.03. The second kappa shape index (κ2) is 6.18. The minimum atomic E-state index is -0.0812. The molecule has 0 saturated heterocycles. The van der Waals surface area contributed by atoms with E-state index in [9.17, 15) is 4.79 Å². The molecule has 0 aliphatic heterocycles. The summed E-state index contributed by atoms with van der Waals surface area (Å²) in [5.41, 5.74) is 1.71. The van der Waals surface area contributed by atoms with Crippen molar-refractivity contribution < 1.29 is 4.79 Å². The number of aromatic nitrogens is 2. The number of hydrogen-bond donors (Lipinski definition) is 1. The number of amides is 1. The largest absolute Gasteiger partial charge is 0.344 e. The maximum absolute atomic E-state index is 12.2. The van der Waals surface area contributed by atoms with Gasteiger partial charge < -0.3 is 5.32 Å². The molecule has 100 valence electrons. The van der Waals surface area contributed by atoms with Gasteiger partial charge >= 0.3 is 0 Å². The lowest BCUT2D eigenvalue weighted by atomic mass is 10.1. The van der Waals surface area contributed by atoms with Crippen molar-refractivity contribution in [3.05, 3.63) is 53.9 Å². The van der Waals surface area contributed by atoms with Gasteiger partial charge in [0.15, 0.2) is 0 Å². The van der Waals surface area contributed by atoms with Crippen molar-refractivity contribution >= 4 is 5.91 Å². The number of hydrogen-bond acceptors (Lipinski definition) is 2. The Morgan fingerprint density at radius 3 is 2.74 bits per heavy atom. The lowest BCUT2D eigenvalue weighted by molar-refractivity contribution is 0.0928. The van der Waals surface area contributed by atoms with E-state index in [4.69, 9.17) is 0 Å². The Balaban J connectivity index is 2.06. The third-order valence-corrected chi connectivity index (χ3v) is 3.03. The molecule has 0 fully saturated rings. The van der Waals surface area contributed by atoms with Gasteiger partial charge in [0, 0.05) is 12.7 Å². The molecular formula is C15H19N3O. The minimum Gasteiger partial charge on any atom is -0.344 e. The molecule has 0 aliphatic rings. The summed E-state index contributed by atoms with van der Waals surface area (Å²) in [7, 11) is 0. The van der Waals surface area contributed by atoms with Gasteiger partial charge in [0.05, 0.1) is 6.04 Å². The first-order chi connectivity index (χ1) is 9.22. The zero-order chi connectivity index (χ0) is 13.7. The quantitative estimate of drug-likeness (QED) is 0.895. The molecule has 0 bridgehead atoms. The van der Waals surface area contributed by atoms with Crippen LogP contribution in [0.5, 0.6) is 0 Å². The standard InChI is InChI=1S/C15H19N3O/c1-3-11-18-14(9-10-16-18)15(19)17-12(2)13-7-5-4-6-8-13/h4-10,12H,3,11H2,1-2H3,(H,17,19). The molecule has 1 N–H and O–H groups in total. The van der Waals surface area contributed by atoms with Gasteiger partial charge in [0.1, 0.15) is 5.69 Å². The van der Waals surface area contributed by atoms with Gasteiger partial charge in [-0.15, -0.1) is 0 Å². The molecule has 0 aliphatic carbocycles. The molecule has 1 aromatic carbocycles. The van der Waals surface area contributed by atoms with Crippen molar-refractivity contribution in [1.29, 1.82) is 0 Å². The maximum atomic E-state index is 12.2. The van der Waals surface area contributed by atoms with Crippen molar-refractivity contribution in [2.75, 3.05) is 0 Å². The molecule has 1 amide bonds. The van der Waals surface area contributed by atoms with E-state index < -0.39 is 0 Å². The zero-order valence-corrected chi connectivity index (χ0v) is 11.3. The second-order valence-corrected chi connectivity index (χ2v) is 4.55. The predicted molar refractivity (Wildman–Crippen MR) is 74.8 cm³/mol. The molecule has 19 heavy (non-hydrogen) atoms. The topological polar surface area (TPSA) is 46.9 Å². The van der Waals surface area contributed by atoms with Gasteiger partial charge in [-0.1, -0.05) is 37.3 Å². The number of rotatable bonds is 5. The van der Waals surface area contributed by atoms with E-state index in [-0.39, 0.29) is 11.9 Å². The van der Waals surface area contributed by atoms with Gasteiger partial charge in [-0.2, -0.15) is 5.10 Å². The summed E-state index contributed by atoms with van der Waals surface area (Å²) >= 11 is 0. The molecule has 1 aromatic heterocycles. The molecule has 1 heterocycles. The number of nitrogens with zero attached hydrogens (tertiary/aromatic N) is 2. The predicted octanol–water partition coefficient (Wildman–Crippen LogP) is 2.78. The number of carbonyl (C=O) groups is 1. The Morgan fingerprint density at radius 1 is 1.32 bits per heavy atom. The SMILES string of the molecule is CCCn1nccc1C(=O)NC(C)c1ccccc1. The van der Waals surface area contributed by atoms with Crippen LogP contribution < -0.4 is 5.32 Å². The number of benzene rings is 1. The van der Waals surface area contributed by atoms with Crippen LogP contribution in [0.25, 0.3) is 0 Å². The molecule has 1 unspecified atom stereocenters. The first kappa shape index (κ1) is 13.3. The molecule has 0 radical (unpaired) electrons. The van der Waals surface area contributed by atoms with Gasteiger partial charge in [0.2, 0.25) is 0 Å². The first-order valence-electron chi connectivity index (χ1n) is 6.60. The fourth-order valence-corrected chi connectivity index (χ4v) is 2.01. The third kappa shape index (κ3) is 3.22. The lowest BCUT2D eigenvalue weighted by Crippen LogP contribution is -2.28. The average Bonchev–Trinajstić information content (AvgIpc) is 2.88. The van der Waals surface area contributed by atoms with Gasteiger partial charge in [-0.3, -0.25) is 9.48 Å². The van der Waals surface area contributed by atoms with Gasteiger partial charge in [-0.25, -0.2) is 0 Å². The van der Waals surface area contributed by atoms with Crippen molar-refractivity contribution in [2.45, 2.75) is 32.9 Å². The highest BCUT2D eigenvalue weighted by Gasteiger charge is 2.14. The Hall–Kier alpha value is -2.10. The van der Waals surface area contributed by atoms with E-state index in [1.807, 2.05) is 37.3 Å². The van der Waals surface area contributed by atoms with Crippen LogP contribution in [0.15, 0.2) is 42.6 Å². The molecule has 2 rings (SSSR count). The van der Waals surface area contributed by atoms with E-state index in [0.717, 1.165) is 18.5 Å². The molecule has 0 saturated carbocycles. The number of nitrogens with one attached hydrogen (secondary N) is 1. The minimum absolute atomic E-state index is 0.0151. The Bertz CT molecular complexity index is 533. The normalized spacial score (nSPS) is 12.1. The van der Waals surface area contributed by atoms with E-state index >= 15 is 0 Å². The summed E-state index contributed by atoms with van der Waals surface area (Å²) in [6, 6.07) is 11.7. The van der Waals surface area contributed by atoms with Crippen molar-refractivity contribution in [2.24, 2.45) is 0 Å². The second-order valence-electron chi connectivity index (χ2n) is 4.55. The van der Waals surface area contributed by atoms with E-state index in [1.54, 1.807) is 16.9 Å². The van der Waals surface area contributed by atoms with Crippen molar-refractivity contribution in [3.8, 4) is 0 Å². The molecule has 1 atom stereocenters. The summed E-state index contributed by atoms with van der Waals surface area (Å²) in [4.78, 5) is 12.2. The number of carbonyl (C=O) groups excluding carboxylic acids is 1. The fourth-order valence-electron chi connectivity index (χ4n) is 2.01. The summed E-state index contributed by atoms with van der Waals surface area (Å²) in [6.45, 7) is 4.80. The lowest BCUT2D eigenvalue weighted by Gasteiger charge is -2.14. The van der Waals surface area contributed by atoms with E-state index in [1.165, 1.54) is 0 Å². The molecular weight excluding hydrogens is 238 g/mol. The number of aryl methyl sites for hydroxylation is 1. The maximum Gasteiger partial charge on any atom is 0.270 e. The molecule has 2 aromatic rings. The molecule has 4 heteroatoms. The van der Waals surface area contributed by atoms with E-state index in [0.29, 0.717) is 5.69 Å². The van der Waals surface area contributed by atoms with Gasteiger partial charge in [0.25, 0.3) is 5.91 Å². The summed E-state index contributed by atoms with van der Waals surface area (Å²) in [5.74, 6) is -0.0812. The van der Waals surface area contributed by atoms with Crippen LogP contribution in [0.1, 0.15) is 42.4 Å². The highest BCUT2D eigenvalue weighted by atomic mass is 16.2. The molecule has 4 nitrogen and oxygen atoms in total. The zero-order valence-electron chi connectivity index (χ0n) is 11.3. The summed E-state index contributed by atoms with van der Waals surface area (Å²) < 4.78 is 1.74. The van der Waals surface area contributed by atoms with Crippen molar-refractivity contribution in [1.82, 2.24) is 15.1 Å². The van der Waals surface area contributed by atoms with Gasteiger partial charge in [-0.05, 0) is 25.0 Å². The van der Waals surface area contributed by atoms with Crippen LogP contribution in [-0.4, -0.2) is 15.7 Å².